The second kappa shape index (κ2) is 10.8. The molecule has 0 bridgehead atoms. The summed E-state index contributed by atoms with van der Waals surface area (Å²) < 4.78 is 90.7. The molecule has 0 radical (unpaired) electrons. The number of hydrogen-bond acceptors (Lipinski definition) is 6. The smallest absolute Gasteiger partial charge is 0.416 e. The minimum absolute atomic E-state index is 0.0350. The van der Waals surface area contributed by atoms with Crippen molar-refractivity contribution in [3.05, 3.63) is 70.6 Å². The van der Waals surface area contributed by atoms with Crippen molar-refractivity contribution in [2.75, 3.05) is 6.79 Å². The molecule has 13 heteroatoms. The zero-order valence-electron chi connectivity index (χ0n) is 20.8. The Bertz CT molecular complexity index is 1440. The third-order valence-electron chi connectivity index (χ3n) is 5.30. The Morgan fingerprint density at radius 2 is 1.64 bits per heavy atom. The minimum Gasteiger partial charge on any atom is -0.427 e. The highest BCUT2D eigenvalue weighted by Gasteiger charge is 2.37. The summed E-state index contributed by atoms with van der Waals surface area (Å²) in [7, 11) is 0. The number of benzene rings is 1. The topological polar surface area (TPSA) is 94.2 Å². The summed E-state index contributed by atoms with van der Waals surface area (Å²) in [5, 5.41) is 9.82. The number of fused-ring (bicyclic) bond motifs is 1. The highest BCUT2D eigenvalue weighted by atomic mass is 19.4. The first-order chi connectivity index (χ1) is 18.0. The quantitative estimate of drug-likeness (QED) is 0.120. The molecule has 0 spiro atoms. The number of ether oxygens (including phenoxy) is 2. The van der Waals surface area contributed by atoms with Crippen molar-refractivity contribution in [2.24, 2.45) is 5.41 Å². The van der Waals surface area contributed by atoms with Gasteiger partial charge in [-0.1, -0.05) is 0 Å². The van der Waals surface area contributed by atoms with Crippen molar-refractivity contribution in [1.29, 1.82) is 5.26 Å². The van der Waals surface area contributed by atoms with Gasteiger partial charge in [0.05, 0.1) is 16.5 Å². The predicted molar refractivity (Wildman–Crippen MR) is 125 cm³/mol. The first-order valence-corrected chi connectivity index (χ1v) is 11.2. The third-order valence-corrected chi connectivity index (χ3v) is 5.30. The van der Waals surface area contributed by atoms with Crippen LogP contribution in [0.3, 0.4) is 0 Å². The standard InChI is InChI=1S/C26H21F6N3O4/c1-24(2,3)23(37)39-14-38-22(36)16(11-33)9-17-13-35(21-20(17)5-4-6-34-21)12-15-7-18(25(27,28)29)10-19(8-15)26(30,31)32/h4-10,13H,12,14H2,1-3H3/b16-9+. The Kier molecular flexibility index (Phi) is 8.09. The van der Waals surface area contributed by atoms with E-state index in [0.29, 0.717) is 17.5 Å². The van der Waals surface area contributed by atoms with Gasteiger partial charge in [-0.05, 0) is 62.7 Å². The van der Waals surface area contributed by atoms with Gasteiger partial charge in [0.25, 0.3) is 0 Å². The number of carbonyl (C=O) groups is 2. The highest BCUT2D eigenvalue weighted by molar-refractivity contribution is 6.00. The monoisotopic (exact) mass is 553 g/mol. The molecule has 39 heavy (non-hydrogen) atoms. The molecule has 2 aromatic heterocycles. The van der Waals surface area contributed by atoms with E-state index in [1.54, 1.807) is 32.9 Å². The number of pyridine rings is 1. The van der Waals surface area contributed by atoms with E-state index in [9.17, 15) is 41.2 Å². The number of rotatable bonds is 6. The van der Waals surface area contributed by atoms with Gasteiger partial charge in [0, 0.05) is 29.9 Å². The summed E-state index contributed by atoms with van der Waals surface area (Å²) in [5.41, 5.74) is -4.16. The van der Waals surface area contributed by atoms with E-state index in [1.807, 2.05) is 0 Å². The van der Waals surface area contributed by atoms with Crippen LogP contribution < -0.4 is 0 Å². The normalized spacial score (nSPS) is 12.8. The van der Waals surface area contributed by atoms with Gasteiger partial charge in [0.15, 0.2) is 0 Å². The summed E-state index contributed by atoms with van der Waals surface area (Å²) in [6, 6.07) is 5.97. The lowest BCUT2D eigenvalue weighted by Crippen LogP contribution is -2.24. The Labute approximate surface area is 218 Å². The minimum atomic E-state index is -5.01. The highest BCUT2D eigenvalue weighted by Crippen LogP contribution is 2.37. The number of aromatic nitrogens is 2. The molecule has 0 aliphatic rings. The molecule has 0 amide bonds. The molecular weight excluding hydrogens is 532 g/mol. The molecule has 0 fully saturated rings. The number of carbonyl (C=O) groups excluding carboxylic acids is 2. The van der Waals surface area contributed by atoms with E-state index >= 15 is 0 Å². The fourth-order valence-electron chi connectivity index (χ4n) is 3.42. The molecule has 1 aromatic carbocycles. The van der Waals surface area contributed by atoms with Crippen LogP contribution in [0.2, 0.25) is 0 Å². The Hall–Kier alpha value is -4.34. The van der Waals surface area contributed by atoms with E-state index in [1.165, 1.54) is 23.0 Å². The zero-order valence-corrected chi connectivity index (χ0v) is 20.8. The average molecular weight is 553 g/mol. The lowest BCUT2D eigenvalue weighted by Gasteiger charge is -2.16. The molecule has 3 rings (SSSR count). The summed E-state index contributed by atoms with van der Waals surface area (Å²) in [4.78, 5) is 28.3. The molecule has 0 aliphatic carbocycles. The van der Waals surface area contributed by atoms with E-state index < -0.39 is 59.7 Å². The largest absolute Gasteiger partial charge is 0.427 e. The maximum atomic E-state index is 13.3. The summed E-state index contributed by atoms with van der Waals surface area (Å²) >= 11 is 0. The maximum absolute atomic E-state index is 13.3. The van der Waals surface area contributed by atoms with Crippen LogP contribution in [-0.4, -0.2) is 28.3 Å². The van der Waals surface area contributed by atoms with Crippen LogP contribution in [0.1, 0.15) is 43.0 Å². The summed E-state index contributed by atoms with van der Waals surface area (Å²) in [6.45, 7) is 3.60. The fraction of sp³-hybridized carbons (Fsp3) is 0.308. The molecule has 7 nitrogen and oxygen atoms in total. The summed E-state index contributed by atoms with van der Waals surface area (Å²) in [5.74, 6) is -1.76. The van der Waals surface area contributed by atoms with Crippen LogP contribution >= 0.6 is 0 Å². The Morgan fingerprint density at radius 3 is 2.18 bits per heavy atom. The predicted octanol–water partition coefficient (Wildman–Crippen LogP) is 6.12. The van der Waals surface area contributed by atoms with Crippen LogP contribution in [0, 0.1) is 16.7 Å². The van der Waals surface area contributed by atoms with E-state index in [2.05, 4.69) is 4.98 Å². The SMILES string of the molecule is CC(C)(C)C(=O)OCOC(=O)/C(C#N)=C/c1cn(Cc2cc(C(F)(F)F)cc(C(F)(F)F)c2)c2ncccc12. The van der Waals surface area contributed by atoms with Crippen LogP contribution in [0.4, 0.5) is 26.3 Å². The number of hydrogen-bond donors (Lipinski definition) is 0. The lowest BCUT2D eigenvalue weighted by atomic mass is 9.98. The number of halogens is 6. The molecule has 0 aliphatic heterocycles. The third kappa shape index (κ3) is 7.16. The van der Waals surface area contributed by atoms with Crippen molar-refractivity contribution in [3.8, 4) is 6.07 Å². The van der Waals surface area contributed by atoms with Crippen molar-refractivity contribution >= 4 is 29.0 Å². The first kappa shape index (κ1) is 29.2. The Balaban J connectivity index is 1.96. The van der Waals surface area contributed by atoms with E-state index in [-0.39, 0.29) is 22.8 Å². The van der Waals surface area contributed by atoms with Gasteiger partial charge in [-0.2, -0.15) is 31.6 Å². The molecule has 206 valence electrons. The Morgan fingerprint density at radius 1 is 1.03 bits per heavy atom. The van der Waals surface area contributed by atoms with Crippen LogP contribution in [-0.2, 0) is 38.0 Å². The number of nitriles is 1. The second-order valence-corrected chi connectivity index (χ2v) is 9.40. The molecule has 0 unspecified atom stereocenters. The van der Waals surface area contributed by atoms with E-state index in [0.717, 1.165) is 6.08 Å². The first-order valence-electron chi connectivity index (χ1n) is 11.2. The molecular formula is C26H21F6N3O4. The fourth-order valence-corrected chi connectivity index (χ4v) is 3.42. The van der Waals surface area contributed by atoms with Gasteiger partial charge in [-0.3, -0.25) is 4.79 Å². The molecule has 0 saturated heterocycles. The maximum Gasteiger partial charge on any atom is 0.416 e. The zero-order chi connectivity index (χ0) is 29.2. The van der Waals surface area contributed by atoms with Gasteiger partial charge in [0.1, 0.15) is 17.3 Å². The van der Waals surface area contributed by atoms with Gasteiger partial charge < -0.3 is 14.0 Å². The van der Waals surface area contributed by atoms with Gasteiger partial charge >= 0.3 is 24.3 Å². The van der Waals surface area contributed by atoms with Crippen molar-refractivity contribution in [2.45, 2.75) is 39.7 Å². The van der Waals surface area contributed by atoms with Crippen molar-refractivity contribution in [1.82, 2.24) is 9.55 Å². The molecule has 3 aromatic rings. The average Bonchev–Trinajstić information content (AvgIpc) is 3.17. The molecule has 0 saturated carbocycles. The van der Waals surface area contributed by atoms with Crippen molar-refractivity contribution < 1.29 is 45.4 Å². The van der Waals surface area contributed by atoms with Gasteiger partial charge in [0.2, 0.25) is 6.79 Å². The van der Waals surface area contributed by atoms with E-state index in [4.69, 9.17) is 9.47 Å². The number of alkyl halides is 6. The summed E-state index contributed by atoms with van der Waals surface area (Å²) in [6.07, 6.45) is -6.20. The van der Waals surface area contributed by atoms with Crippen LogP contribution in [0.5, 0.6) is 0 Å². The number of nitrogens with zero attached hydrogens (tertiary/aromatic N) is 3. The van der Waals surface area contributed by atoms with Crippen LogP contribution in [0.25, 0.3) is 17.1 Å². The molecule has 2 heterocycles. The van der Waals surface area contributed by atoms with Gasteiger partial charge in [-0.25, -0.2) is 9.78 Å². The lowest BCUT2D eigenvalue weighted by molar-refractivity contribution is -0.171. The second-order valence-electron chi connectivity index (χ2n) is 9.40. The van der Waals surface area contributed by atoms with Crippen LogP contribution in [0.15, 0.2) is 48.3 Å². The molecule has 0 N–H and O–H groups in total. The number of esters is 2. The molecule has 0 atom stereocenters. The van der Waals surface area contributed by atoms with Crippen molar-refractivity contribution in [3.63, 3.8) is 0 Å². The van der Waals surface area contributed by atoms with Gasteiger partial charge in [-0.15, -0.1) is 0 Å².